The second kappa shape index (κ2) is 3.66. The lowest BCUT2D eigenvalue weighted by molar-refractivity contribution is -0.146. The van der Waals surface area contributed by atoms with Crippen LogP contribution in [0.4, 0.5) is 4.39 Å². The monoisotopic (exact) mass is 234 g/mol. The molecule has 0 spiro atoms. The summed E-state index contributed by atoms with van der Waals surface area (Å²) in [5, 5.41) is 17.1. The van der Waals surface area contributed by atoms with E-state index < -0.39 is 34.6 Å². The maximum absolute atomic E-state index is 13.4. The van der Waals surface area contributed by atoms with Crippen LogP contribution in [0.2, 0.25) is 0 Å². The molecule has 0 heterocycles. The van der Waals surface area contributed by atoms with E-state index in [9.17, 15) is 14.0 Å². The zero-order valence-corrected chi connectivity index (χ0v) is 8.51. The molecular formula is C9H8ClFO4. The van der Waals surface area contributed by atoms with E-state index in [0.29, 0.717) is 0 Å². The highest BCUT2D eigenvalue weighted by Crippen LogP contribution is 2.42. The molecule has 0 aliphatic heterocycles. The van der Waals surface area contributed by atoms with Gasteiger partial charge in [0.15, 0.2) is 0 Å². The third-order valence-electron chi connectivity index (χ3n) is 2.29. The van der Waals surface area contributed by atoms with Crippen molar-refractivity contribution in [1.82, 2.24) is 0 Å². The zero-order valence-electron chi connectivity index (χ0n) is 7.75. The fourth-order valence-electron chi connectivity index (χ4n) is 1.30. The largest absolute Gasteiger partial charge is 0.481 e. The van der Waals surface area contributed by atoms with Crippen LogP contribution in [-0.4, -0.2) is 22.2 Å². The van der Waals surface area contributed by atoms with E-state index in [1.807, 2.05) is 0 Å². The Balaban J connectivity index is 3.26. The first-order valence-electron chi connectivity index (χ1n) is 4.02. The lowest BCUT2D eigenvalue weighted by Crippen LogP contribution is -2.32. The summed E-state index contributed by atoms with van der Waals surface area (Å²) in [6, 6.07) is 0. The van der Waals surface area contributed by atoms with E-state index in [2.05, 4.69) is 0 Å². The maximum Gasteiger partial charge on any atom is 0.331 e. The van der Waals surface area contributed by atoms with Crippen LogP contribution in [-0.2, 0) is 9.59 Å². The van der Waals surface area contributed by atoms with Gasteiger partial charge in [-0.2, -0.15) is 0 Å². The van der Waals surface area contributed by atoms with Crippen molar-refractivity contribution in [2.24, 2.45) is 5.41 Å². The van der Waals surface area contributed by atoms with Gasteiger partial charge in [-0.25, -0.2) is 9.18 Å². The average molecular weight is 235 g/mol. The summed E-state index contributed by atoms with van der Waals surface area (Å²) in [7, 11) is 0. The van der Waals surface area contributed by atoms with Crippen molar-refractivity contribution in [3.63, 3.8) is 0 Å². The minimum absolute atomic E-state index is 0.216. The Kier molecular flexibility index (Phi) is 2.86. The molecule has 0 radical (unpaired) electrons. The molecule has 0 fully saturated rings. The minimum Gasteiger partial charge on any atom is -0.481 e. The van der Waals surface area contributed by atoms with E-state index in [0.717, 1.165) is 13.0 Å². The van der Waals surface area contributed by atoms with Crippen LogP contribution in [0.5, 0.6) is 0 Å². The molecule has 0 saturated heterocycles. The quantitative estimate of drug-likeness (QED) is 0.765. The SMILES string of the molecule is CC1(C(=O)O)CC(C(=O)O)=CC(Cl)=C1F. The van der Waals surface area contributed by atoms with Crippen LogP contribution in [0, 0.1) is 5.41 Å². The number of halogens is 2. The molecule has 1 aliphatic rings. The van der Waals surface area contributed by atoms with Crippen molar-refractivity contribution in [2.45, 2.75) is 13.3 Å². The zero-order chi connectivity index (χ0) is 11.8. The Morgan fingerprint density at radius 1 is 1.53 bits per heavy atom. The van der Waals surface area contributed by atoms with Crippen LogP contribution in [0.25, 0.3) is 0 Å². The molecule has 0 bridgehead atoms. The molecule has 0 aromatic rings. The van der Waals surface area contributed by atoms with Crippen LogP contribution >= 0.6 is 11.6 Å². The van der Waals surface area contributed by atoms with E-state index in [-0.39, 0.29) is 5.57 Å². The smallest absolute Gasteiger partial charge is 0.331 e. The Labute approximate surface area is 89.7 Å². The molecule has 0 amide bonds. The van der Waals surface area contributed by atoms with Crippen molar-refractivity contribution < 1.29 is 24.2 Å². The summed E-state index contributed by atoms with van der Waals surface area (Å²) >= 11 is 5.44. The number of aliphatic carboxylic acids is 2. The molecule has 0 aromatic heterocycles. The molecule has 0 saturated carbocycles. The fraction of sp³-hybridized carbons (Fsp3) is 0.333. The molecule has 2 N–H and O–H groups in total. The molecule has 6 heteroatoms. The second-order valence-corrected chi connectivity index (χ2v) is 3.86. The Bertz CT molecular complexity index is 399. The summed E-state index contributed by atoms with van der Waals surface area (Å²) in [5.74, 6) is -3.75. The van der Waals surface area contributed by atoms with Crippen LogP contribution in [0.15, 0.2) is 22.5 Å². The summed E-state index contributed by atoms with van der Waals surface area (Å²) in [4.78, 5) is 21.5. The van der Waals surface area contributed by atoms with Gasteiger partial charge in [0.1, 0.15) is 11.2 Å². The van der Waals surface area contributed by atoms with Crippen molar-refractivity contribution in [2.75, 3.05) is 0 Å². The van der Waals surface area contributed by atoms with Crippen molar-refractivity contribution in [1.29, 1.82) is 0 Å². The van der Waals surface area contributed by atoms with Crippen LogP contribution in [0.3, 0.4) is 0 Å². The Morgan fingerprint density at radius 3 is 2.47 bits per heavy atom. The highest BCUT2D eigenvalue weighted by molar-refractivity contribution is 6.32. The van der Waals surface area contributed by atoms with Gasteiger partial charge in [-0.3, -0.25) is 4.79 Å². The molecule has 1 atom stereocenters. The molecule has 1 aliphatic carbocycles. The molecule has 1 rings (SSSR count). The standard InChI is InChI=1S/C9H8ClFO4/c1-9(8(14)15)3-4(7(12)13)2-5(10)6(9)11/h2H,3H2,1H3,(H,12,13)(H,14,15). The van der Waals surface area contributed by atoms with Gasteiger partial charge in [0.25, 0.3) is 0 Å². The van der Waals surface area contributed by atoms with Gasteiger partial charge in [0.05, 0.1) is 5.03 Å². The first kappa shape index (κ1) is 11.7. The highest BCUT2D eigenvalue weighted by Gasteiger charge is 2.44. The Morgan fingerprint density at radius 2 is 2.07 bits per heavy atom. The van der Waals surface area contributed by atoms with Crippen molar-refractivity contribution >= 4 is 23.5 Å². The third-order valence-corrected chi connectivity index (χ3v) is 2.56. The first-order chi connectivity index (χ1) is 6.79. The van der Waals surface area contributed by atoms with Gasteiger partial charge in [-0.1, -0.05) is 11.6 Å². The Hall–Kier alpha value is -1.36. The molecule has 82 valence electrons. The van der Waals surface area contributed by atoms with Crippen LogP contribution in [0.1, 0.15) is 13.3 Å². The normalized spacial score (nSPS) is 26.2. The summed E-state index contributed by atoms with van der Waals surface area (Å²) in [6.07, 6.45) is 0.517. The van der Waals surface area contributed by atoms with E-state index >= 15 is 0 Å². The van der Waals surface area contributed by atoms with Gasteiger partial charge in [-0.15, -0.1) is 0 Å². The molecule has 0 aromatic carbocycles. The number of carboxylic acid groups (broad SMARTS) is 2. The summed E-state index contributed by atoms with van der Waals surface area (Å²) in [6.45, 7) is 1.10. The fourth-order valence-corrected chi connectivity index (χ4v) is 1.64. The van der Waals surface area contributed by atoms with E-state index in [1.165, 1.54) is 0 Å². The second-order valence-electron chi connectivity index (χ2n) is 3.45. The lowest BCUT2D eigenvalue weighted by Gasteiger charge is -2.26. The topological polar surface area (TPSA) is 74.6 Å². The number of allylic oxidation sites excluding steroid dienone is 2. The maximum atomic E-state index is 13.4. The van der Waals surface area contributed by atoms with Gasteiger partial charge >= 0.3 is 11.9 Å². The number of hydrogen-bond acceptors (Lipinski definition) is 2. The number of rotatable bonds is 2. The lowest BCUT2D eigenvalue weighted by atomic mass is 9.79. The number of carboxylic acids is 2. The van der Waals surface area contributed by atoms with Gasteiger partial charge in [-0.05, 0) is 13.0 Å². The molecular weight excluding hydrogens is 227 g/mol. The first-order valence-corrected chi connectivity index (χ1v) is 4.40. The van der Waals surface area contributed by atoms with Gasteiger partial charge in [0.2, 0.25) is 0 Å². The highest BCUT2D eigenvalue weighted by atomic mass is 35.5. The number of carbonyl (C=O) groups is 2. The van der Waals surface area contributed by atoms with Gasteiger partial charge in [0, 0.05) is 12.0 Å². The minimum atomic E-state index is -1.89. The molecule has 4 nitrogen and oxygen atoms in total. The van der Waals surface area contributed by atoms with E-state index in [4.69, 9.17) is 21.8 Å². The number of hydrogen-bond donors (Lipinski definition) is 2. The predicted octanol–water partition coefficient (Wildman–Crippen LogP) is 1.91. The van der Waals surface area contributed by atoms with Crippen molar-refractivity contribution in [3.8, 4) is 0 Å². The summed E-state index contributed by atoms with van der Waals surface area (Å²) < 4.78 is 13.4. The van der Waals surface area contributed by atoms with Crippen molar-refractivity contribution in [3.05, 3.63) is 22.5 Å². The summed E-state index contributed by atoms with van der Waals surface area (Å²) in [5.41, 5.74) is -2.11. The molecule has 15 heavy (non-hydrogen) atoms. The third kappa shape index (κ3) is 1.87. The van der Waals surface area contributed by atoms with Gasteiger partial charge < -0.3 is 10.2 Å². The van der Waals surface area contributed by atoms with Crippen LogP contribution < -0.4 is 0 Å². The predicted molar refractivity (Wildman–Crippen MR) is 50.1 cm³/mol. The average Bonchev–Trinajstić information content (AvgIpc) is 2.12. The van der Waals surface area contributed by atoms with E-state index in [1.54, 1.807) is 0 Å². The molecule has 1 unspecified atom stereocenters.